The van der Waals surface area contributed by atoms with Crippen molar-refractivity contribution in [2.75, 3.05) is 6.54 Å². The van der Waals surface area contributed by atoms with Crippen LogP contribution in [0.4, 0.5) is 0 Å². The van der Waals surface area contributed by atoms with Crippen LogP contribution in [-0.2, 0) is 13.0 Å². The van der Waals surface area contributed by atoms with Gasteiger partial charge in [-0.15, -0.1) is 21.5 Å². The minimum atomic E-state index is 0.688. The molecule has 0 saturated heterocycles. The lowest BCUT2D eigenvalue weighted by Gasteiger charge is -2.04. The van der Waals surface area contributed by atoms with Crippen LogP contribution in [0, 0.1) is 11.8 Å². The molecule has 1 aromatic heterocycles. The van der Waals surface area contributed by atoms with Crippen molar-refractivity contribution >= 4 is 11.3 Å². The van der Waals surface area contributed by atoms with Crippen molar-refractivity contribution in [3.8, 4) is 0 Å². The van der Waals surface area contributed by atoms with Gasteiger partial charge in [0.25, 0.3) is 0 Å². The highest BCUT2D eigenvalue weighted by Gasteiger charge is 2.07. The molecular weight excluding hydrogens is 218 g/mol. The molecule has 0 saturated carbocycles. The summed E-state index contributed by atoms with van der Waals surface area (Å²) < 4.78 is 0. The van der Waals surface area contributed by atoms with Gasteiger partial charge in [0.2, 0.25) is 0 Å². The molecule has 0 fully saturated rings. The number of nitrogens with one attached hydrogen (secondary N) is 1. The maximum absolute atomic E-state index is 4.23. The normalized spacial score (nSPS) is 13.3. The van der Waals surface area contributed by atoms with Crippen molar-refractivity contribution in [1.29, 1.82) is 0 Å². The average molecular weight is 241 g/mol. The molecule has 92 valence electrons. The van der Waals surface area contributed by atoms with E-state index >= 15 is 0 Å². The Kier molecular flexibility index (Phi) is 5.91. The van der Waals surface area contributed by atoms with Crippen LogP contribution in [0.25, 0.3) is 0 Å². The van der Waals surface area contributed by atoms with E-state index in [0.29, 0.717) is 11.8 Å². The van der Waals surface area contributed by atoms with E-state index in [9.17, 15) is 0 Å². The second-order valence-corrected chi connectivity index (χ2v) is 5.98. The van der Waals surface area contributed by atoms with Crippen LogP contribution in [0.3, 0.4) is 0 Å². The molecule has 0 spiro atoms. The smallest absolute Gasteiger partial charge is 0.131 e. The first-order valence-electron chi connectivity index (χ1n) is 6.13. The van der Waals surface area contributed by atoms with Gasteiger partial charge in [0.15, 0.2) is 0 Å². The Morgan fingerprint density at radius 2 is 1.88 bits per heavy atom. The van der Waals surface area contributed by atoms with Crippen molar-refractivity contribution in [3.05, 3.63) is 10.0 Å². The summed E-state index contributed by atoms with van der Waals surface area (Å²) in [5.41, 5.74) is 0. The summed E-state index contributed by atoms with van der Waals surface area (Å²) in [6.45, 7) is 10.8. The second kappa shape index (κ2) is 6.97. The standard InChI is InChI=1S/C12H23N3S/c1-5-10(4)6-11-14-15-12(16-11)8-13-7-9(2)3/h9-10,13H,5-8H2,1-4H3. The minimum Gasteiger partial charge on any atom is -0.310 e. The lowest BCUT2D eigenvalue weighted by Crippen LogP contribution is -2.18. The van der Waals surface area contributed by atoms with Crippen molar-refractivity contribution in [2.24, 2.45) is 11.8 Å². The predicted octanol–water partition coefficient (Wildman–Crippen LogP) is 2.87. The first kappa shape index (κ1) is 13.6. The van der Waals surface area contributed by atoms with Gasteiger partial charge >= 0.3 is 0 Å². The van der Waals surface area contributed by atoms with Gasteiger partial charge in [0.05, 0.1) is 0 Å². The molecule has 0 aliphatic heterocycles. The zero-order valence-corrected chi connectivity index (χ0v) is 11.6. The van der Waals surface area contributed by atoms with Gasteiger partial charge in [-0.1, -0.05) is 34.1 Å². The molecule has 0 aromatic carbocycles. The summed E-state index contributed by atoms with van der Waals surface area (Å²) in [6.07, 6.45) is 2.28. The summed E-state index contributed by atoms with van der Waals surface area (Å²) >= 11 is 1.74. The van der Waals surface area contributed by atoms with E-state index in [1.165, 1.54) is 11.4 Å². The maximum Gasteiger partial charge on any atom is 0.131 e. The number of hydrogen-bond acceptors (Lipinski definition) is 4. The van der Waals surface area contributed by atoms with E-state index in [1.807, 2.05) is 0 Å². The van der Waals surface area contributed by atoms with E-state index < -0.39 is 0 Å². The van der Waals surface area contributed by atoms with Gasteiger partial charge in [-0.05, 0) is 18.4 Å². The molecule has 1 heterocycles. The Labute approximate surface area is 103 Å². The Morgan fingerprint density at radius 3 is 2.50 bits per heavy atom. The zero-order chi connectivity index (χ0) is 12.0. The summed E-state index contributed by atoms with van der Waals surface area (Å²) in [4.78, 5) is 0. The molecule has 16 heavy (non-hydrogen) atoms. The monoisotopic (exact) mass is 241 g/mol. The molecule has 1 atom stereocenters. The van der Waals surface area contributed by atoms with E-state index in [0.717, 1.165) is 24.5 Å². The van der Waals surface area contributed by atoms with Crippen molar-refractivity contribution in [2.45, 2.75) is 47.1 Å². The number of aromatic nitrogens is 2. The molecule has 0 amide bonds. The number of hydrogen-bond donors (Lipinski definition) is 1. The van der Waals surface area contributed by atoms with Crippen LogP contribution in [0.5, 0.6) is 0 Å². The number of rotatable bonds is 7. The number of nitrogens with zero attached hydrogens (tertiary/aromatic N) is 2. The van der Waals surface area contributed by atoms with Crippen LogP contribution in [0.2, 0.25) is 0 Å². The summed E-state index contributed by atoms with van der Waals surface area (Å²) in [5, 5.41) is 14.1. The lowest BCUT2D eigenvalue weighted by atomic mass is 10.1. The van der Waals surface area contributed by atoms with E-state index in [2.05, 4.69) is 43.2 Å². The maximum atomic E-state index is 4.23. The van der Waals surface area contributed by atoms with Gasteiger partial charge in [-0.25, -0.2) is 0 Å². The van der Waals surface area contributed by atoms with E-state index in [4.69, 9.17) is 0 Å². The van der Waals surface area contributed by atoms with Gasteiger partial charge in [-0.3, -0.25) is 0 Å². The molecule has 0 aliphatic carbocycles. The predicted molar refractivity (Wildman–Crippen MR) is 69.6 cm³/mol. The molecule has 4 heteroatoms. The Bertz CT molecular complexity index is 296. The topological polar surface area (TPSA) is 37.8 Å². The van der Waals surface area contributed by atoms with Crippen LogP contribution in [-0.4, -0.2) is 16.7 Å². The molecule has 1 rings (SSSR count). The molecule has 3 nitrogen and oxygen atoms in total. The quantitative estimate of drug-likeness (QED) is 0.797. The Morgan fingerprint density at radius 1 is 1.19 bits per heavy atom. The Balaban J connectivity index is 2.33. The molecule has 1 aromatic rings. The summed E-state index contributed by atoms with van der Waals surface area (Å²) in [6, 6.07) is 0. The molecule has 0 aliphatic rings. The molecule has 0 bridgehead atoms. The van der Waals surface area contributed by atoms with E-state index in [-0.39, 0.29) is 0 Å². The minimum absolute atomic E-state index is 0.688. The highest BCUT2D eigenvalue weighted by Crippen LogP contribution is 2.15. The third kappa shape index (κ3) is 5.03. The fourth-order valence-electron chi connectivity index (χ4n) is 1.35. The summed E-state index contributed by atoms with van der Waals surface area (Å²) in [7, 11) is 0. The second-order valence-electron chi connectivity index (χ2n) is 4.83. The van der Waals surface area contributed by atoms with Gasteiger partial charge in [0, 0.05) is 13.0 Å². The van der Waals surface area contributed by atoms with Crippen LogP contribution < -0.4 is 5.32 Å². The first-order chi connectivity index (χ1) is 7.61. The van der Waals surface area contributed by atoms with Gasteiger partial charge in [0.1, 0.15) is 10.0 Å². The van der Waals surface area contributed by atoms with Crippen LogP contribution in [0.15, 0.2) is 0 Å². The molecule has 0 radical (unpaired) electrons. The van der Waals surface area contributed by atoms with Crippen LogP contribution in [0.1, 0.15) is 44.1 Å². The first-order valence-corrected chi connectivity index (χ1v) is 6.95. The lowest BCUT2D eigenvalue weighted by molar-refractivity contribution is 0.548. The largest absolute Gasteiger partial charge is 0.310 e. The zero-order valence-electron chi connectivity index (χ0n) is 10.8. The van der Waals surface area contributed by atoms with Crippen molar-refractivity contribution in [3.63, 3.8) is 0 Å². The van der Waals surface area contributed by atoms with Gasteiger partial charge < -0.3 is 5.32 Å². The highest BCUT2D eigenvalue weighted by atomic mass is 32.1. The highest BCUT2D eigenvalue weighted by molar-refractivity contribution is 7.11. The fourth-order valence-corrected chi connectivity index (χ4v) is 2.33. The molecule has 1 N–H and O–H groups in total. The van der Waals surface area contributed by atoms with Crippen LogP contribution >= 0.6 is 11.3 Å². The SMILES string of the molecule is CCC(C)Cc1nnc(CNCC(C)C)s1. The van der Waals surface area contributed by atoms with E-state index in [1.54, 1.807) is 11.3 Å². The fraction of sp³-hybridized carbons (Fsp3) is 0.833. The molecule has 1 unspecified atom stereocenters. The van der Waals surface area contributed by atoms with Crippen molar-refractivity contribution < 1.29 is 0 Å². The Hall–Kier alpha value is -0.480. The third-order valence-corrected chi connectivity index (χ3v) is 3.50. The van der Waals surface area contributed by atoms with Crippen molar-refractivity contribution in [1.82, 2.24) is 15.5 Å². The van der Waals surface area contributed by atoms with Gasteiger partial charge in [-0.2, -0.15) is 0 Å². The molecular formula is C12H23N3S. The summed E-state index contributed by atoms with van der Waals surface area (Å²) in [5.74, 6) is 1.40. The average Bonchev–Trinajstić information content (AvgIpc) is 2.65. The third-order valence-electron chi connectivity index (χ3n) is 2.56.